The molecule has 1 saturated carbocycles. The summed E-state index contributed by atoms with van der Waals surface area (Å²) < 4.78 is 2.05. The SMILES string of the molecule is CCn1nc(C)cc1C(CCC1CC1)NN. The quantitative estimate of drug-likeness (QED) is 0.571. The summed E-state index contributed by atoms with van der Waals surface area (Å²) in [6.45, 7) is 5.05. The minimum absolute atomic E-state index is 0.252. The molecule has 1 unspecified atom stereocenters. The van der Waals surface area contributed by atoms with E-state index in [4.69, 9.17) is 5.84 Å². The molecule has 0 bridgehead atoms. The van der Waals surface area contributed by atoms with Gasteiger partial charge in [0.2, 0.25) is 0 Å². The number of aromatic nitrogens is 2. The van der Waals surface area contributed by atoms with E-state index in [-0.39, 0.29) is 6.04 Å². The number of rotatable bonds is 6. The number of hydrogen-bond donors (Lipinski definition) is 2. The summed E-state index contributed by atoms with van der Waals surface area (Å²) in [5.74, 6) is 6.61. The van der Waals surface area contributed by atoms with Crippen LogP contribution in [0.4, 0.5) is 0 Å². The summed E-state index contributed by atoms with van der Waals surface area (Å²) in [5, 5.41) is 4.46. The lowest BCUT2D eigenvalue weighted by atomic mass is 10.1. The number of hydrogen-bond acceptors (Lipinski definition) is 3. The van der Waals surface area contributed by atoms with Crippen LogP contribution >= 0.6 is 0 Å². The molecule has 2 rings (SSSR count). The molecule has 4 nitrogen and oxygen atoms in total. The van der Waals surface area contributed by atoms with Crippen LogP contribution in [0.2, 0.25) is 0 Å². The van der Waals surface area contributed by atoms with Crippen molar-refractivity contribution in [3.63, 3.8) is 0 Å². The third-order valence-electron chi connectivity index (χ3n) is 3.35. The maximum atomic E-state index is 5.65. The van der Waals surface area contributed by atoms with Crippen LogP contribution < -0.4 is 11.3 Å². The molecule has 1 aliphatic carbocycles. The van der Waals surface area contributed by atoms with E-state index < -0.39 is 0 Å². The fourth-order valence-electron chi connectivity index (χ4n) is 2.22. The third-order valence-corrected chi connectivity index (χ3v) is 3.35. The molecule has 1 heterocycles. The fourth-order valence-corrected chi connectivity index (χ4v) is 2.22. The van der Waals surface area contributed by atoms with Gasteiger partial charge in [-0.25, -0.2) is 0 Å². The van der Waals surface area contributed by atoms with Crippen LogP contribution in [0.5, 0.6) is 0 Å². The molecule has 3 N–H and O–H groups in total. The average Bonchev–Trinajstić information content (AvgIpc) is 3.02. The highest BCUT2D eigenvalue weighted by Gasteiger charge is 2.24. The smallest absolute Gasteiger partial charge is 0.0629 e. The monoisotopic (exact) mass is 222 g/mol. The number of hydrazine groups is 1. The van der Waals surface area contributed by atoms with Gasteiger partial charge in [0.05, 0.1) is 17.4 Å². The van der Waals surface area contributed by atoms with Gasteiger partial charge in [-0.05, 0) is 38.7 Å². The fraction of sp³-hybridized carbons (Fsp3) is 0.750. The molecular weight excluding hydrogens is 200 g/mol. The predicted molar refractivity (Wildman–Crippen MR) is 64.7 cm³/mol. The second kappa shape index (κ2) is 4.97. The Morgan fingerprint density at radius 2 is 2.38 bits per heavy atom. The number of aryl methyl sites for hydroxylation is 2. The molecule has 4 heteroatoms. The van der Waals surface area contributed by atoms with Gasteiger partial charge in [0.1, 0.15) is 0 Å². The van der Waals surface area contributed by atoms with Crippen LogP contribution in [-0.4, -0.2) is 9.78 Å². The average molecular weight is 222 g/mol. The molecule has 1 aromatic rings. The third kappa shape index (κ3) is 2.62. The van der Waals surface area contributed by atoms with Crippen molar-refractivity contribution in [2.75, 3.05) is 0 Å². The van der Waals surface area contributed by atoms with Gasteiger partial charge in [-0.2, -0.15) is 5.10 Å². The van der Waals surface area contributed by atoms with E-state index in [0.717, 1.165) is 24.6 Å². The predicted octanol–water partition coefficient (Wildman–Crippen LogP) is 1.91. The van der Waals surface area contributed by atoms with E-state index in [1.54, 1.807) is 0 Å². The van der Waals surface area contributed by atoms with Crippen molar-refractivity contribution in [1.82, 2.24) is 15.2 Å². The lowest BCUT2D eigenvalue weighted by molar-refractivity contribution is 0.444. The molecule has 1 aliphatic rings. The molecule has 1 fully saturated rings. The Morgan fingerprint density at radius 1 is 1.62 bits per heavy atom. The molecule has 0 radical (unpaired) electrons. The zero-order valence-electron chi connectivity index (χ0n) is 10.2. The van der Waals surface area contributed by atoms with Crippen molar-refractivity contribution in [3.05, 3.63) is 17.5 Å². The highest BCUT2D eigenvalue weighted by Crippen LogP contribution is 2.35. The zero-order valence-corrected chi connectivity index (χ0v) is 10.2. The molecule has 1 atom stereocenters. The summed E-state index contributed by atoms with van der Waals surface area (Å²) in [6, 6.07) is 2.39. The minimum Gasteiger partial charge on any atom is -0.271 e. The largest absolute Gasteiger partial charge is 0.271 e. The lowest BCUT2D eigenvalue weighted by Gasteiger charge is -2.16. The molecule has 0 aromatic carbocycles. The van der Waals surface area contributed by atoms with Crippen molar-refractivity contribution in [2.24, 2.45) is 11.8 Å². The Balaban J connectivity index is 2.04. The van der Waals surface area contributed by atoms with Gasteiger partial charge in [0, 0.05) is 6.54 Å². The summed E-state index contributed by atoms with van der Waals surface area (Å²) in [7, 11) is 0. The number of nitrogens with one attached hydrogen (secondary N) is 1. The van der Waals surface area contributed by atoms with Gasteiger partial charge < -0.3 is 0 Å². The second-order valence-electron chi connectivity index (χ2n) is 4.77. The lowest BCUT2D eigenvalue weighted by Crippen LogP contribution is -2.30. The van der Waals surface area contributed by atoms with Crippen LogP contribution in [-0.2, 0) is 6.54 Å². The van der Waals surface area contributed by atoms with Gasteiger partial charge in [-0.1, -0.05) is 12.8 Å². The van der Waals surface area contributed by atoms with Gasteiger partial charge >= 0.3 is 0 Å². The van der Waals surface area contributed by atoms with Crippen molar-refractivity contribution < 1.29 is 0 Å². The number of nitrogens with two attached hydrogens (primary N) is 1. The first-order chi connectivity index (χ1) is 7.74. The maximum absolute atomic E-state index is 5.65. The van der Waals surface area contributed by atoms with Gasteiger partial charge in [0.15, 0.2) is 0 Å². The van der Waals surface area contributed by atoms with E-state index in [1.165, 1.54) is 25.0 Å². The van der Waals surface area contributed by atoms with E-state index in [9.17, 15) is 0 Å². The van der Waals surface area contributed by atoms with E-state index in [2.05, 4.69) is 23.5 Å². The van der Waals surface area contributed by atoms with E-state index in [1.807, 2.05) is 11.6 Å². The molecular formula is C12H22N4. The first-order valence-corrected chi connectivity index (χ1v) is 6.25. The van der Waals surface area contributed by atoms with Crippen molar-refractivity contribution in [2.45, 2.75) is 52.1 Å². The molecule has 0 aliphatic heterocycles. The number of nitrogens with zero attached hydrogens (tertiary/aromatic N) is 2. The Hall–Kier alpha value is -0.870. The van der Waals surface area contributed by atoms with Crippen LogP contribution in [0, 0.1) is 12.8 Å². The van der Waals surface area contributed by atoms with Crippen LogP contribution in [0.1, 0.15) is 50.0 Å². The Kier molecular flexibility index (Phi) is 3.61. The highest BCUT2D eigenvalue weighted by atomic mass is 15.3. The molecule has 0 saturated heterocycles. The van der Waals surface area contributed by atoms with Crippen LogP contribution in [0.15, 0.2) is 6.07 Å². The molecule has 16 heavy (non-hydrogen) atoms. The van der Waals surface area contributed by atoms with E-state index in [0.29, 0.717) is 0 Å². The van der Waals surface area contributed by atoms with Crippen molar-refractivity contribution >= 4 is 0 Å². The summed E-state index contributed by atoms with van der Waals surface area (Å²) in [5.41, 5.74) is 5.23. The first kappa shape index (κ1) is 11.6. The standard InChI is InChI=1S/C12H22N4/c1-3-16-12(8-9(2)15-16)11(14-13)7-6-10-4-5-10/h8,10-11,14H,3-7,13H2,1-2H3. The molecule has 90 valence electrons. The maximum Gasteiger partial charge on any atom is 0.0629 e. The Bertz CT molecular complexity index is 341. The Morgan fingerprint density at radius 3 is 2.94 bits per heavy atom. The van der Waals surface area contributed by atoms with Gasteiger partial charge in [0.25, 0.3) is 0 Å². The summed E-state index contributed by atoms with van der Waals surface area (Å²) >= 11 is 0. The Labute approximate surface area is 97.2 Å². The second-order valence-corrected chi connectivity index (χ2v) is 4.77. The normalized spacial score (nSPS) is 17.7. The topological polar surface area (TPSA) is 55.9 Å². The first-order valence-electron chi connectivity index (χ1n) is 6.25. The molecule has 0 amide bonds. The minimum atomic E-state index is 0.252. The van der Waals surface area contributed by atoms with Crippen molar-refractivity contribution in [1.29, 1.82) is 0 Å². The van der Waals surface area contributed by atoms with Crippen LogP contribution in [0.3, 0.4) is 0 Å². The van der Waals surface area contributed by atoms with Gasteiger partial charge in [-0.15, -0.1) is 0 Å². The summed E-state index contributed by atoms with van der Waals surface area (Å²) in [6.07, 6.45) is 5.21. The van der Waals surface area contributed by atoms with Crippen molar-refractivity contribution in [3.8, 4) is 0 Å². The summed E-state index contributed by atoms with van der Waals surface area (Å²) in [4.78, 5) is 0. The van der Waals surface area contributed by atoms with Crippen LogP contribution in [0.25, 0.3) is 0 Å². The zero-order chi connectivity index (χ0) is 11.5. The van der Waals surface area contributed by atoms with E-state index >= 15 is 0 Å². The highest BCUT2D eigenvalue weighted by molar-refractivity contribution is 5.13. The van der Waals surface area contributed by atoms with Gasteiger partial charge in [-0.3, -0.25) is 16.0 Å². The molecule has 1 aromatic heterocycles. The molecule has 0 spiro atoms.